The van der Waals surface area contributed by atoms with Crippen LogP contribution >= 0.6 is 0 Å². The number of benzene rings is 2. The summed E-state index contributed by atoms with van der Waals surface area (Å²) in [6.07, 6.45) is 4.31. The molecule has 0 saturated heterocycles. The third kappa shape index (κ3) is 5.46. The standard InChI is InChI=1S/C26H23N5O4/c1-16-19(13-27)5-3-7-21(16)23-12-22(29-26(28)30-23)18-8-9-31(24(32)11-18)14-17-4-2-6-20(10-17)35-15-25(33)34/h2-12,24,32H,14-15H2,1H3,(H,33,34)(H2,28,29,30). The minimum absolute atomic E-state index is 0.0867. The summed E-state index contributed by atoms with van der Waals surface area (Å²) in [6, 6.07) is 16.4. The quantitative estimate of drug-likeness (QED) is 0.475. The van der Waals surface area contributed by atoms with Crippen molar-refractivity contribution in [1.29, 1.82) is 5.26 Å². The molecule has 0 saturated carbocycles. The molecule has 0 fully saturated rings. The normalized spacial score (nSPS) is 14.8. The van der Waals surface area contributed by atoms with Crippen LogP contribution in [0.15, 0.2) is 66.9 Å². The maximum absolute atomic E-state index is 10.8. The number of rotatable bonds is 7. The van der Waals surface area contributed by atoms with E-state index >= 15 is 0 Å². The molecular weight excluding hydrogens is 446 g/mol. The summed E-state index contributed by atoms with van der Waals surface area (Å²) < 4.78 is 5.23. The lowest BCUT2D eigenvalue weighted by molar-refractivity contribution is -0.139. The highest BCUT2D eigenvalue weighted by Crippen LogP contribution is 2.29. The van der Waals surface area contributed by atoms with Gasteiger partial charge in [0.15, 0.2) is 6.61 Å². The van der Waals surface area contributed by atoms with E-state index in [0.717, 1.165) is 16.7 Å². The average molecular weight is 470 g/mol. The van der Waals surface area contributed by atoms with Gasteiger partial charge in [-0.1, -0.05) is 24.3 Å². The number of carboxylic acids is 1. The first-order valence-electron chi connectivity index (χ1n) is 10.8. The van der Waals surface area contributed by atoms with Crippen LogP contribution in [-0.2, 0) is 11.3 Å². The Morgan fingerprint density at radius 1 is 1.20 bits per heavy atom. The fraction of sp³-hybridized carbons (Fsp3) is 0.154. The number of hydrogen-bond donors (Lipinski definition) is 3. The average Bonchev–Trinajstić information content (AvgIpc) is 2.84. The van der Waals surface area contributed by atoms with Crippen LogP contribution < -0.4 is 10.5 Å². The number of nitrogens with zero attached hydrogens (tertiary/aromatic N) is 4. The van der Waals surface area contributed by atoms with Crippen molar-refractivity contribution in [3.8, 4) is 23.1 Å². The van der Waals surface area contributed by atoms with Gasteiger partial charge in [0.05, 0.1) is 23.0 Å². The van der Waals surface area contributed by atoms with Crippen molar-refractivity contribution < 1.29 is 19.7 Å². The van der Waals surface area contributed by atoms with E-state index in [1.165, 1.54) is 0 Å². The number of allylic oxidation sites excluding steroid dienone is 2. The molecule has 2 heterocycles. The first kappa shape index (κ1) is 23.5. The van der Waals surface area contributed by atoms with Gasteiger partial charge in [0.2, 0.25) is 5.95 Å². The smallest absolute Gasteiger partial charge is 0.341 e. The highest BCUT2D eigenvalue weighted by atomic mass is 16.5. The Bertz CT molecular complexity index is 1380. The molecule has 2 aromatic carbocycles. The summed E-state index contributed by atoms with van der Waals surface area (Å²) in [4.78, 5) is 21.1. The van der Waals surface area contributed by atoms with Gasteiger partial charge in [-0.15, -0.1) is 0 Å². The fourth-order valence-electron chi connectivity index (χ4n) is 3.77. The van der Waals surface area contributed by atoms with E-state index in [1.54, 1.807) is 53.6 Å². The van der Waals surface area contributed by atoms with Crippen LogP contribution in [0.5, 0.6) is 5.75 Å². The number of ether oxygens (including phenoxy) is 1. The second-order valence-corrected chi connectivity index (χ2v) is 7.94. The maximum Gasteiger partial charge on any atom is 0.341 e. The molecule has 4 N–H and O–H groups in total. The van der Waals surface area contributed by atoms with Crippen molar-refractivity contribution in [2.24, 2.45) is 0 Å². The zero-order chi connectivity index (χ0) is 24.9. The Balaban J connectivity index is 1.54. The highest BCUT2D eigenvalue weighted by molar-refractivity contribution is 5.77. The lowest BCUT2D eigenvalue weighted by Gasteiger charge is -2.28. The van der Waals surface area contributed by atoms with Crippen molar-refractivity contribution in [3.05, 3.63) is 89.3 Å². The second-order valence-electron chi connectivity index (χ2n) is 7.94. The largest absolute Gasteiger partial charge is 0.482 e. The van der Waals surface area contributed by atoms with E-state index in [2.05, 4.69) is 16.0 Å². The zero-order valence-corrected chi connectivity index (χ0v) is 18.9. The van der Waals surface area contributed by atoms with Crippen LogP contribution in [0.2, 0.25) is 0 Å². The van der Waals surface area contributed by atoms with E-state index < -0.39 is 18.8 Å². The first-order valence-corrected chi connectivity index (χ1v) is 10.8. The number of aromatic nitrogens is 2. The third-order valence-electron chi connectivity index (χ3n) is 5.51. The van der Waals surface area contributed by atoms with Crippen molar-refractivity contribution >= 4 is 17.5 Å². The van der Waals surface area contributed by atoms with Crippen LogP contribution in [0, 0.1) is 18.3 Å². The first-order chi connectivity index (χ1) is 16.8. The Kier molecular flexibility index (Phi) is 6.76. The summed E-state index contributed by atoms with van der Waals surface area (Å²) in [5, 5.41) is 28.9. The Morgan fingerprint density at radius 2 is 1.97 bits per heavy atom. The molecule has 1 aliphatic rings. The minimum atomic E-state index is -1.05. The van der Waals surface area contributed by atoms with Crippen LogP contribution in [-0.4, -0.2) is 43.9 Å². The number of carbonyl (C=O) groups is 1. The molecule has 4 rings (SSSR count). The number of nitriles is 1. The van der Waals surface area contributed by atoms with E-state index in [0.29, 0.717) is 34.8 Å². The monoisotopic (exact) mass is 469 g/mol. The molecule has 0 bridgehead atoms. The third-order valence-corrected chi connectivity index (χ3v) is 5.51. The van der Waals surface area contributed by atoms with Gasteiger partial charge in [-0.25, -0.2) is 14.8 Å². The molecule has 35 heavy (non-hydrogen) atoms. The summed E-state index contributed by atoms with van der Waals surface area (Å²) >= 11 is 0. The number of aliphatic hydroxyl groups is 1. The second kappa shape index (κ2) is 10.1. The van der Waals surface area contributed by atoms with Crippen LogP contribution in [0.3, 0.4) is 0 Å². The van der Waals surface area contributed by atoms with Gasteiger partial charge < -0.3 is 25.6 Å². The summed E-state index contributed by atoms with van der Waals surface area (Å²) in [7, 11) is 0. The highest BCUT2D eigenvalue weighted by Gasteiger charge is 2.18. The molecule has 1 aromatic heterocycles. The summed E-state index contributed by atoms with van der Waals surface area (Å²) in [6.45, 7) is 1.81. The van der Waals surface area contributed by atoms with Crippen LogP contribution in [0.1, 0.15) is 22.4 Å². The topological polar surface area (TPSA) is 146 Å². The molecule has 1 unspecified atom stereocenters. The van der Waals surface area contributed by atoms with Gasteiger partial charge in [0.25, 0.3) is 0 Å². The van der Waals surface area contributed by atoms with Crippen LogP contribution in [0.25, 0.3) is 16.8 Å². The number of nitrogen functional groups attached to an aromatic ring is 1. The number of hydrogen-bond acceptors (Lipinski definition) is 8. The Labute approximate surface area is 202 Å². The molecule has 3 aromatic rings. The molecule has 1 aliphatic heterocycles. The van der Waals surface area contributed by atoms with Gasteiger partial charge in [0.1, 0.15) is 12.0 Å². The Hall–Kier alpha value is -4.68. The van der Waals surface area contributed by atoms with E-state index in [9.17, 15) is 15.2 Å². The van der Waals surface area contributed by atoms with Gasteiger partial charge in [-0.05, 0) is 54.5 Å². The fourth-order valence-corrected chi connectivity index (χ4v) is 3.77. The molecular formula is C26H23N5O4. The van der Waals surface area contributed by atoms with Gasteiger partial charge >= 0.3 is 5.97 Å². The molecule has 0 spiro atoms. The minimum Gasteiger partial charge on any atom is -0.482 e. The lowest BCUT2D eigenvalue weighted by atomic mass is 9.99. The zero-order valence-electron chi connectivity index (χ0n) is 18.9. The summed E-state index contributed by atoms with van der Waals surface area (Å²) in [5.41, 5.74) is 10.8. The molecule has 0 aliphatic carbocycles. The molecule has 1 atom stereocenters. The number of aliphatic hydroxyl groups excluding tert-OH is 1. The molecule has 0 radical (unpaired) electrons. The number of aliphatic carboxylic acids is 1. The van der Waals surface area contributed by atoms with E-state index in [-0.39, 0.29) is 5.95 Å². The summed E-state index contributed by atoms with van der Waals surface area (Å²) in [5.74, 6) is -0.524. The number of carboxylic acid groups (broad SMARTS) is 1. The van der Waals surface area contributed by atoms with E-state index in [1.807, 2.05) is 25.1 Å². The SMILES string of the molecule is Cc1c(C#N)cccc1-c1cc(C2=CC(O)N(Cc3cccc(OCC(=O)O)c3)C=C2)nc(N)n1. The lowest BCUT2D eigenvalue weighted by Crippen LogP contribution is -2.30. The Morgan fingerprint density at radius 3 is 2.71 bits per heavy atom. The van der Waals surface area contributed by atoms with Crippen molar-refractivity contribution in [3.63, 3.8) is 0 Å². The predicted octanol–water partition coefficient (Wildman–Crippen LogP) is 3.10. The van der Waals surface area contributed by atoms with Crippen molar-refractivity contribution in [1.82, 2.24) is 14.9 Å². The molecule has 0 amide bonds. The molecule has 9 heteroatoms. The maximum atomic E-state index is 10.8. The molecule has 9 nitrogen and oxygen atoms in total. The number of nitrogens with two attached hydrogens (primary N) is 1. The number of anilines is 1. The van der Waals surface area contributed by atoms with Gasteiger partial charge in [-0.3, -0.25) is 0 Å². The van der Waals surface area contributed by atoms with Crippen molar-refractivity contribution in [2.75, 3.05) is 12.3 Å². The van der Waals surface area contributed by atoms with Crippen LogP contribution in [0.4, 0.5) is 5.95 Å². The van der Waals surface area contributed by atoms with E-state index in [4.69, 9.17) is 15.6 Å². The predicted molar refractivity (Wildman–Crippen MR) is 130 cm³/mol. The van der Waals surface area contributed by atoms with Gasteiger partial charge in [0, 0.05) is 23.9 Å². The van der Waals surface area contributed by atoms with Crippen molar-refractivity contribution in [2.45, 2.75) is 19.7 Å². The van der Waals surface area contributed by atoms with Gasteiger partial charge in [-0.2, -0.15) is 5.26 Å². The molecule has 176 valence electrons.